The van der Waals surface area contributed by atoms with Crippen LogP contribution >= 0.6 is 0 Å². The molecule has 136 valence electrons. The largest absolute Gasteiger partial charge is 0.518 e. The zero-order valence-electron chi connectivity index (χ0n) is 16.5. The minimum absolute atomic E-state index is 0.0116. The van der Waals surface area contributed by atoms with Gasteiger partial charge in [0.2, 0.25) is 14.2 Å². The van der Waals surface area contributed by atoms with Crippen LogP contribution in [0.3, 0.4) is 0 Å². The molecule has 0 saturated carbocycles. The Hall–Kier alpha value is -0.666. The summed E-state index contributed by atoms with van der Waals surface area (Å²) in [5, 5.41) is 2.91. The molecule has 0 fully saturated rings. The number of hydrogen-bond acceptors (Lipinski definition) is 4. The Balaban J connectivity index is 5.12. The SMILES string of the molecule is CC(C)C(N[Si](C)(C)C)C(=O)NC(C(=O)O[Si](C)(C)C)C(C)C. The van der Waals surface area contributed by atoms with Crippen LogP contribution in [0.4, 0.5) is 0 Å². The molecule has 0 aliphatic rings. The van der Waals surface area contributed by atoms with E-state index in [1.807, 2.05) is 47.3 Å². The summed E-state index contributed by atoms with van der Waals surface area (Å²) in [5.74, 6) is -0.290. The molecular weight excluding hydrogens is 324 g/mol. The van der Waals surface area contributed by atoms with Gasteiger partial charge < -0.3 is 14.7 Å². The molecular formula is C16H36N2O3Si2. The Morgan fingerprint density at radius 1 is 0.826 bits per heavy atom. The topological polar surface area (TPSA) is 67.4 Å². The Bertz CT molecular complexity index is 413. The van der Waals surface area contributed by atoms with Crippen molar-refractivity contribution in [2.24, 2.45) is 11.8 Å². The standard InChI is InChI=1S/C16H36N2O3Si2/c1-11(2)13(18-22(5,6)7)15(19)17-14(12(3)4)16(20)21-23(8,9)10/h11-14,18H,1-10H3,(H,17,19). The Kier molecular flexibility index (Phi) is 8.19. The summed E-state index contributed by atoms with van der Waals surface area (Å²) >= 11 is 0. The van der Waals surface area contributed by atoms with Gasteiger partial charge in [0.1, 0.15) is 14.3 Å². The molecule has 5 nitrogen and oxygen atoms in total. The zero-order valence-corrected chi connectivity index (χ0v) is 18.5. The summed E-state index contributed by atoms with van der Waals surface area (Å²) in [6, 6.07) is -0.887. The predicted molar refractivity (Wildman–Crippen MR) is 101 cm³/mol. The van der Waals surface area contributed by atoms with Crippen LogP contribution in [0.15, 0.2) is 0 Å². The van der Waals surface area contributed by atoms with Gasteiger partial charge in [-0.15, -0.1) is 0 Å². The lowest BCUT2D eigenvalue weighted by molar-refractivity contribution is -0.141. The van der Waals surface area contributed by atoms with E-state index in [1.54, 1.807) is 0 Å². The summed E-state index contributed by atoms with van der Waals surface area (Å²) in [5.41, 5.74) is 0. The van der Waals surface area contributed by atoms with Gasteiger partial charge in [-0.3, -0.25) is 9.59 Å². The predicted octanol–water partition coefficient (Wildman–Crippen LogP) is 2.95. The maximum atomic E-state index is 12.7. The van der Waals surface area contributed by atoms with Gasteiger partial charge in [-0.1, -0.05) is 47.3 Å². The summed E-state index contributed by atoms with van der Waals surface area (Å²) < 4.78 is 5.58. The van der Waals surface area contributed by atoms with Gasteiger partial charge in [-0.05, 0) is 31.5 Å². The molecule has 1 amide bonds. The number of carbonyl (C=O) groups excluding carboxylic acids is 2. The van der Waals surface area contributed by atoms with Crippen LogP contribution in [-0.4, -0.2) is 40.5 Å². The van der Waals surface area contributed by atoms with E-state index in [1.165, 1.54) is 0 Å². The van der Waals surface area contributed by atoms with Crippen LogP contribution in [0.5, 0.6) is 0 Å². The van der Waals surface area contributed by atoms with Crippen molar-refractivity contribution in [3.05, 3.63) is 0 Å². The highest BCUT2D eigenvalue weighted by molar-refractivity contribution is 6.73. The minimum Gasteiger partial charge on any atom is -0.518 e. The Labute approximate surface area is 144 Å². The number of nitrogens with one attached hydrogen (secondary N) is 2. The molecule has 0 bridgehead atoms. The average Bonchev–Trinajstić information content (AvgIpc) is 2.28. The summed E-state index contributed by atoms with van der Waals surface area (Å²) in [7, 11) is -3.59. The molecule has 0 heterocycles. The van der Waals surface area contributed by atoms with Crippen molar-refractivity contribution < 1.29 is 14.0 Å². The van der Waals surface area contributed by atoms with Crippen LogP contribution in [0.1, 0.15) is 27.7 Å². The summed E-state index contributed by atoms with van der Waals surface area (Å²) in [6.07, 6.45) is 0. The van der Waals surface area contributed by atoms with Crippen molar-refractivity contribution in [2.45, 2.75) is 79.1 Å². The fraction of sp³-hybridized carbons (Fsp3) is 0.875. The second-order valence-corrected chi connectivity index (χ2v) is 18.1. The monoisotopic (exact) mass is 360 g/mol. The molecule has 0 aromatic rings. The molecule has 0 aromatic heterocycles. The van der Waals surface area contributed by atoms with Gasteiger partial charge in [0, 0.05) is 0 Å². The molecule has 0 spiro atoms. The first-order chi connectivity index (χ1) is 10.1. The van der Waals surface area contributed by atoms with Crippen LogP contribution in [0.2, 0.25) is 39.3 Å². The summed E-state index contributed by atoms with van der Waals surface area (Å²) in [4.78, 5) is 28.6. The third kappa shape index (κ3) is 9.27. The van der Waals surface area contributed by atoms with Crippen molar-refractivity contribution in [1.29, 1.82) is 0 Å². The van der Waals surface area contributed by atoms with Crippen molar-refractivity contribution >= 4 is 28.4 Å². The third-order valence-corrected chi connectivity index (χ3v) is 5.15. The van der Waals surface area contributed by atoms with E-state index >= 15 is 0 Å². The van der Waals surface area contributed by atoms with E-state index in [-0.39, 0.29) is 29.8 Å². The average molecular weight is 361 g/mol. The molecule has 2 N–H and O–H groups in total. The van der Waals surface area contributed by atoms with Crippen LogP contribution in [0, 0.1) is 11.8 Å². The molecule has 0 aliphatic carbocycles. The first kappa shape index (κ1) is 22.3. The highest BCUT2D eigenvalue weighted by Gasteiger charge is 2.34. The number of amides is 1. The van der Waals surface area contributed by atoms with E-state index in [0.717, 1.165) is 0 Å². The second-order valence-electron chi connectivity index (χ2n) is 8.88. The lowest BCUT2D eigenvalue weighted by atomic mass is 10.0. The fourth-order valence-corrected chi connectivity index (χ4v) is 4.24. The minimum atomic E-state index is -1.98. The van der Waals surface area contributed by atoms with E-state index in [0.29, 0.717) is 0 Å². The molecule has 0 rings (SSSR count). The van der Waals surface area contributed by atoms with Crippen molar-refractivity contribution in [3.63, 3.8) is 0 Å². The van der Waals surface area contributed by atoms with Crippen molar-refractivity contribution in [2.75, 3.05) is 0 Å². The first-order valence-corrected chi connectivity index (χ1v) is 15.4. The lowest BCUT2D eigenvalue weighted by Gasteiger charge is -2.32. The highest BCUT2D eigenvalue weighted by atomic mass is 28.4. The zero-order chi connectivity index (χ0) is 18.6. The lowest BCUT2D eigenvalue weighted by Crippen LogP contribution is -2.59. The molecule has 7 heteroatoms. The van der Waals surface area contributed by atoms with E-state index < -0.39 is 22.6 Å². The normalized spacial score (nSPS) is 15.5. The highest BCUT2D eigenvalue weighted by Crippen LogP contribution is 2.12. The van der Waals surface area contributed by atoms with E-state index in [4.69, 9.17) is 4.43 Å². The van der Waals surface area contributed by atoms with Crippen molar-refractivity contribution in [3.8, 4) is 0 Å². The van der Waals surface area contributed by atoms with Gasteiger partial charge in [-0.25, -0.2) is 0 Å². The molecule has 0 radical (unpaired) electrons. The van der Waals surface area contributed by atoms with Crippen LogP contribution in [0.25, 0.3) is 0 Å². The van der Waals surface area contributed by atoms with E-state index in [9.17, 15) is 9.59 Å². The third-order valence-electron chi connectivity index (χ3n) is 3.16. The van der Waals surface area contributed by atoms with Gasteiger partial charge in [-0.2, -0.15) is 0 Å². The molecule has 2 unspecified atom stereocenters. The number of carbonyl (C=O) groups is 2. The molecule has 23 heavy (non-hydrogen) atoms. The second kappa shape index (κ2) is 8.44. The fourth-order valence-electron chi connectivity index (χ4n) is 2.11. The van der Waals surface area contributed by atoms with E-state index in [2.05, 4.69) is 29.9 Å². The number of hydrogen-bond donors (Lipinski definition) is 2. The molecule has 0 aliphatic heterocycles. The van der Waals surface area contributed by atoms with Gasteiger partial charge in [0.25, 0.3) is 0 Å². The quantitative estimate of drug-likeness (QED) is 0.653. The van der Waals surface area contributed by atoms with Crippen LogP contribution < -0.4 is 10.3 Å². The molecule has 0 saturated heterocycles. The van der Waals surface area contributed by atoms with Crippen LogP contribution in [-0.2, 0) is 14.0 Å². The van der Waals surface area contributed by atoms with Crippen molar-refractivity contribution in [1.82, 2.24) is 10.3 Å². The smallest absolute Gasteiger partial charge is 0.315 e. The Morgan fingerprint density at radius 3 is 1.57 bits per heavy atom. The summed E-state index contributed by atoms with van der Waals surface area (Å²) in [6.45, 7) is 20.3. The van der Waals surface area contributed by atoms with Gasteiger partial charge in [0.05, 0.1) is 6.04 Å². The van der Waals surface area contributed by atoms with Gasteiger partial charge >= 0.3 is 5.97 Å². The van der Waals surface area contributed by atoms with Gasteiger partial charge in [0.15, 0.2) is 0 Å². The maximum absolute atomic E-state index is 12.7. The maximum Gasteiger partial charge on any atom is 0.315 e. The molecule has 2 atom stereocenters. The first-order valence-electron chi connectivity index (χ1n) is 8.45. The Morgan fingerprint density at radius 2 is 1.26 bits per heavy atom. The molecule has 0 aromatic carbocycles. The number of rotatable bonds is 8.